The second kappa shape index (κ2) is 3.98. The maximum Gasteiger partial charge on any atom is 0.410 e. The summed E-state index contributed by atoms with van der Waals surface area (Å²) in [5.74, 6) is 0. The van der Waals surface area contributed by atoms with Crippen molar-refractivity contribution in [3.8, 4) is 0 Å². The highest BCUT2D eigenvalue weighted by Crippen LogP contribution is 2.21. The molecule has 2 N–H and O–H groups in total. The van der Waals surface area contributed by atoms with Crippen LogP contribution in [0.2, 0.25) is 0 Å². The predicted molar refractivity (Wildman–Crippen MR) is 54.4 cm³/mol. The highest BCUT2D eigenvalue weighted by Gasteiger charge is 2.41. The largest absolute Gasteiger partial charge is 0.444 e. The number of carbonyl (C=O) groups is 1. The van der Waals surface area contributed by atoms with Crippen molar-refractivity contribution in [3.05, 3.63) is 0 Å². The van der Waals surface area contributed by atoms with Crippen LogP contribution in [0, 0.1) is 0 Å². The summed E-state index contributed by atoms with van der Waals surface area (Å²) in [4.78, 5) is 13.0. The highest BCUT2D eigenvalue weighted by atomic mass is 16.6. The molecule has 5 heteroatoms. The molecule has 0 aliphatic carbocycles. The van der Waals surface area contributed by atoms with Crippen LogP contribution < -0.4 is 0 Å². The lowest BCUT2D eigenvalue weighted by molar-refractivity contribution is 0.0168. The molecular weight excluding hydrogens is 198 g/mol. The van der Waals surface area contributed by atoms with E-state index in [1.54, 1.807) is 27.7 Å². The molecule has 0 spiro atoms. The maximum atomic E-state index is 11.6. The monoisotopic (exact) mass is 217 g/mol. The van der Waals surface area contributed by atoms with E-state index >= 15 is 0 Å². The summed E-state index contributed by atoms with van der Waals surface area (Å²) in [6.45, 7) is 7.14. The van der Waals surface area contributed by atoms with Crippen LogP contribution >= 0.6 is 0 Å². The van der Waals surface area contributed by atoms with Gasteiger partial charge in [-0.05, 0) is 27.7 Å². The number of carbonyl (C=O) groups excluding carboxylic acids is 1. The van der Waals surface area contributed by atoms with E-state index in [0.717, 1.165) is 0 Å². The van der Waals surface area contributed by atoms with Crippen LogP contribution in [0.25, 0.3) is 0 Å². The number of aliphatic hydroxyl groups is 2. The number of aliphatic hydroxyl groups excluding tert-OH is 2. The molecule has 0 radical (unpaired) electrons. The van der Waals surface area contributed by atoms with Gasteiger partial charge in [-0.15, -0.1) is 0 Å². The van der Waals surface area contributed by atoms with Gasteiger partial charge in [0.25, 0.3) is 0 Å². The van der Waals surface area contributed by atoms with Gasteiger partial charge in [0.15, 0.2) is 0 Å². The SMILES string of the molecule is CC1[C@@H](O)[C@H](O)CN1C(=O)OC(C)(C)C. The van der Waals surface area contributed by atoms with Gasteiger partial charge < -0.3 is 19.8 Å². The molecule has 3 atom stereocenters. The predicted octanol–water partition coefficient (Wildman–Crippen LogP) is 0.347. The molecule has 1 unspecified atom stereocenters. The Morgan fingerprint density at radius 3 is 2.27 bits per heavy atom. The van der Waals surface area contributed by atoms with Crippen molar-refractivity contribution in [2.24, 2.45) is 0 Å². The minimum atomic E-state index is -0.891. The van der Waals surface area contributed by atoms with Crippen LogP contribution in [-0.4, -0.2) is 51.6 Å². The van der Waals surface area contributed by atoms with Gasteiger partial charge in [0.1, 0.15) is 11.7 Å². The normalized spacial score (nSPS) is 31.9. The van der Waals surface area contributed by atoms with Gasteiger partial charge in [0.05, 0.1) is 18.7 Å². The third-order valence-electron chi connectivity index (χ3n) is 2.39. The average molecular weight is 217 g/mol. The van der Waals surface area contributed by atoms with Crippen molar-refractivity contribution >= 4 is 6.09 Å². The summed E-state index contributed by atoms with van der Waals surface area (Å²) in [6.07, 6.45) is -2.27. The van der Waals surface area contributed by atoms with Gasteiger partial charge in [-0.1, -0.05) is 0 Å². The second-order valence-electron chi connectivity index (χ2n) is 4.93. The lowest BCUT2D eigenvalue weighted by Crippen LogP contribution is -2.40. The van der Waals surface area contributed by atoms with Crippen LogP contribution in [0.15, 0.2) is 0 Å². The zero-order chi connectivity index (χ0) is 11.8. The zero-order valence-electron chi connectivity index (χ0n) is 9.60. The standard InChI is InChI=1S/C10H19NO4/c1-6-8(13)7(12)5-11(6)9(14)15-10(2,3)4/h6-8,12-13H,5H2,1-4H3/t6?,7-,8-/m1/s1. The van der Waals surface area contributed by atoms with Crippen LogP contribution in [0.3, 0.4) is 0 Å². The molecule has 15 heavy (non-hydrogen) atoms. The summed E-state index contributed by atoms with van der Waals surface area (Å²) in [6, 6.07) is -0.408. The van der Waals surface area contributed by atoms with E-state index in [2.05, 4.69) is 0 Å². The molecular formula is C10H19NO4. The summed E-state index contributed by atoms with van der Waals surface area (Å²) in [5.41, 5.74) is -0.560. The molecule has 1 aliphatic rings. The van der Waals surface area contributed by atoms with Crippen LogP contribution in [0.4, 0.5) is 4.79 Å². The molecule has 1 saturated heterocycles. The number of likely N-dealkylation sites (tertiary alicyclic amines) is 1. The Kier molecular flexibility index (Phi) is 3.25. The Labute approximate surface area is 89.6 Å². The smallest absolute Gasteiger partial charge is 0.410 e. The summed E-state index contributed by atoms with van der Waals surface area (Å²) < 4.78 is 5.15. The molecule has 0 bridgehead atoms. The first-order chi connectivity index (χ1) is 6.72. The molecule has 1 amide bonds. The number of nitrogens with zero attached hydrogens (tertiary/aromatic N) is 1. The molecule has 0 aromatic carbocycles. The third-order valence-corrected chi connectivity index (χ3v) is 2.39. The van der Waals surface area contributed by atoms with E-state index in [-0.39, 0.29) is 6.54 Å². The quantitative estimate of drug-likeness (QED) is 0.614. The van der Waals surface area contributed by atoms with Crippen molar-refractivity contribution in [3.63, 3.8) is 0 Å². The van der Waals surface area contributed by atoms with Gasteiger partial charge in [-0.25, -0.2) is 4.79 Å². The molecule has 1 rings (SSSR count). The first-order valence-electron chi connectivity index (χ1n) is 5.08. The Balaban J connectivity index is 2.62. The van der Waals surface area contributed by atoms with Crippen molar-refractivity contribution in [1.82, 2.24) is 4.90 Å². The Morgan fingerprint density at radius 1 is 1.40 bits per heavy atom. The Morgan fingerprint density at radius 2 is 1.93 bits per heavy atom. The van der Waals surface area contributed by atoms with Crippen molar-refractivity contribution < 1.29 is 19.7 Å². The molecule has 5 nitrogen and oxygen atoms in total. The summed E-state index contributed by atoms with van der Waals surface area (Å²) >= 11 is 0. The Bertz CT molecular complexity index is 248. The van der Waals surface area contributed by atoms with Gasteiger partial charge in [0.2, 0.25) is 0 Å². The number of β-amino-alcohol motifs (C(OH)–C–C–N with tert-alkyl or cyclic N) is 1. The first kappa shape index (κ1) is 12.3. The van der Waals surface area contributed by atoms with E-state index < -0.39 is 29.9 Å². The molecule has 1 fully saturated rings. The Hall–Kier alpha value is -0.810. The molecule has 1 aliphatic heterocycles. The summed E-state index contributed by atoms with van der Waals surface area (Å²) in [5, 5.41) is 18.9. The van der Waals surface area contributed by atoms with E-state index in [0.29, 0.717) is 0 Å². The minimum Gasteiger partial charge on any atom is -0.444 e. The zero-order valence-corrected chi connectivity index (χ0v) is 9.60. The average Bonchev–Trinajstić information content (AvgIpc) is 2.30. The number of hydrogen-bond donors (Lipinski definition) is 2. The van der Waals surface area contributed by atoms with Gasteiger partial charge in [0, 0.05) is 0 Å². The van der Waals surface area contributed by atoms with Crippen LogP contribution in [0.5, 0.6) is 0 Å². The number of hydrogen-bond acceptors (Lipinski definition) is 4. The number of rotatable bonds is 0. The molecule has 0 saturated carbocycles. The van der Waals surface area contributed by atoms with E-state index in [1.165, 1.54) is 4.90 Å². The van der Waals surface area contributed by atoms with Gasteiger partial charge >= 0.3 is 6.09 Å². The highest BCUT2D eigenvalue weighted by molar-refractivity contribution is 5.69. The summed E-state index contributed by atoms with van der Waals surface area (Å²) in [7, 11) is 0. The van der Waals surface area contributed by atoms with Gasteiger partial charge in [-0.2, -0.15) is 0 Å². The fourth-order valence-corrected chi connectivity index (χ4v) is 1.54. The van der Waals surface area contributed by atoms with Gasteiger partial charge in [-0.3, -0.25) is 0 Å². The molecule has 1 heterocycles. The van der Waals surface area contributed by atoms with E-state index in [9.17, 15) is 15.0 Å². The fraction of sp³-hybridized carbons (Fsp3) is 0.900. The second-order valence-corrected chi connectivity index (χ2v) is 4.93. The maximum absolute atomic E-state index is 11.6. The van der Waals surface area contributed by atoms with Crippen molar-refractivity contribution in [2.75, 3.05) is 6.54 Å². The third kappa shape index (κ3) is 2.82. The minimum absolute atomic E-state index is 0.122. The van der Waals surface area contributed by atoms with Crippen molar-refractivity contribution in [1.29, 1.82) is 0 Å². The van der Waals surface area contributed by atoms with Crippen LogP contribution in [0.1, 0.15) is 27.7 Å². The number of ether oxygens (including phenoxy) is 1. The van der Waals surface area contributed by atoms with E-state index in [1.807, 2.05) is 0 Å². The topological polar surface area (TPSA) is 70.0 Å². The van der Waals surface area contributed by atoms with Crippen molar-refractivity contribution in [2.45, 2.75) is 51.5 Å². The van der Waals surface area contributed by atoms with Crippen LogP contribution in [-0.2, 0) is 4.74 Å². The van der Waals surface area contributed by atoms with E-state index in [4.69, 9.17) is 4.74 Å². The number of amides is 1. The lowest BCUT2D eigenvalue weighted by atomic mass is 10.2. The lowest BCUT2D eigenvalue weighted by Gasteiger charge is -2.27. The first-order valence-corrected chi connectivity index (χ1v) is 5.08. The fourth-order valence-electron chi connectivity index (χ4n) is 1.54. The molecule has 0 aromatic heterocycles. The molecule has 0 aromatic rings. The molecule has 88 valence electrons.